The normalized spacial score (nSPS) is 15.6. The average molecular weight is 553 g/mol. The van der Waals surface area contributed by atoms with Gasteiger partial charge in [0.05, 0.1) is 39.5 Å². The van der Waals surface area contributed by atoms with E-state index in [9.17, 15) is 14.4 Å². The van der Waals surface area contributed by atoms with Crippen LogP contribution in [0.5, 0.6) is 0 Å². The summed E-state index contributed by atoms with van der Waals surface area (Å²) >= 11 is 7.36. The minimum Gasteiger partial charge on any atom is -0.460 e. The number of halogens is 1. The number of carbonyl (C=O) groups excluding carboxylic acids is 1. The monoisotopic (exact) mass is 552 g/mol. The van der Waals surface area contributed by atoms with Gasteiger partial charge in [0.2, 0.25) is 0 Å². The Hall–Kier alpha value is -3.73. The summed E-state index contributed by atoms with van der Waals surface area (Å²) in [6.45, 7) is 2.06. The van der Waals surface area contributed by atoms with E-state index < -0.39 is 12.0 Å². The first-order valence-electron chi connectivity index (χ1n) is 11.8. The summed E-state index contributed by atoms with van der Waals surface area (Å²) in [5.41, 5.74) is 3.37. The molecular formula is C27H25ClN4O5S. The SMILES string of the molecule is COCCOC(=O)C1=C(C)N=c2sc(=Cc3ccc4c(c3)n(C)c(=O)n4C)c(=O)n2C1c1ccc(Cl)cc1. The molecule has 0 saturated carbocycles. The Balaban J connectivity index is 1.67. The molecule has 0 radical (unpaired) electrons. The third-order valence-electron chi connectivity index (χ3n) is 6.54. The molecule has 38 heavy (non-hydrogen) atoms. The first kappa shape index (κ1) is 25.9. The highest BCUT2D eigenvalue weighted by molar-refractivity contribution is 7.07. The number of hydrogen-bond acceptors (Lipinski definition) is 7. The Bertz CT molecular complexity index is 1840. The van der Waals surface area contributed by atoms with E-state index in [0.717, 1.165) is 16.6 Å². The maximum Gasteiger partial charge on any atom is 0.338 e. The maximum atomic E-state index is 13.8. The van der Waals surface area contributed by atoms with Crippen LogP contribution >= 0.6 is 22.9 Å². The molecule has 0 fully saturated rings. The third-order valence-corrected chi connectivity index (χ3v) is 7.78. The van der Waals surface area contributed by atoms with Crippen LogP contribution in [-0.4, -0.2) is 40.0 Å². The Morgan fingerprint density at radius 2 is 1.79 bits per heavy atom. The first-order valence-corrected chi connectivity index (χ1v) is 13.0. The zero-order valence-corrected chi connectivity index (χ0v) is 22.8. The van der Waals surface area contributed by atoms with Gasteiger partial charge in [-0.25, -0.2) is 14.6 Å². The lowest BCUT2D eigenvalue weighted by atomic mass is 9.96. The number of allylic oxidation sites excluding steroid dienone is 1. The van der Waals surface area contributed by atoms with E-state index in [1.165, 1.54) is 23.0 Å². The number of methoxy groups -OCH3 is 1. The van der Waals surface area contributed by atoms with Gasteiger partial charge in [-0.05, 0) is 48.4 Å². The summed E-state index contributed by atoms with van der Waals surface area (Å²) in [4.78, 5) is 44.4. The average Bonchev–Trinajstić information content (AvgIpc) is 3.31. The number of imidazole rings is 1. The molecule has 196 valence electrons. The minimum atomic E-state index is -0.738. The second-order valence-electron chi connectivity index (χ2n) is 8.91. The van der Waals surface area contributed by atoms with Crippen LogP contribution in [0.3, 0.4) is 0 Å². The predicted octanol–water partition coefficient (Wildman–Crippen LogP) is 2.27. The second kappa shape index (κ2) is 10.2. The van der Waals surface area contributed by atoms with Crippen LogP contribution in [0.1, 0.15) is 24.1 Å². The standard InChI is InChI=1S/C27H25ClN4O5S/c1-15-22(25(34)37-12-11-36-4)23(17-6-8-18(28)9-7-17)32-24(33)21(38-26(32)29-15)14-16-5-10-19-20(13-16)31(3)27(35)30(19)2/h5-10,13-14,23H,11-12H2,1-4H3. The van der Waals surface area contributed by atoms with Crippen LogP contribution in [0.2, 0.25) is 5.02 Å². The van der Waals surface area contributed by atoms with Gasteiger partial charge in [0, 0.05) is 26.2 Å². The Morgan fingerprint density at radius 1 is 1.08 bits per heavy atom. The maximum absolute atomic E-state index is 13.8. The van der Waals surface area contributed by atoms with Crippen molar-refractivity contribution >= 4 is 46.0 Å². The summed E-state index contributed by atoms with van der Waals surface area (Å²) < 4.78 is 15.6. The molecule has 3 heterocycles. The predicted molar refractivity (Wildman–Crippen MR) is 146 cm³/mol. The molecule has 0 spiro atoms. The third kappa shape index (κ3) is 4.44. The van der Waals surface area contributed by atoms with Crippen molar-refractivity contribution in [3.63, 3.8) is 0 Å². The topological polar surface area (TPSA) is 96.8 Å². The van der Waals surface area contributed by atoms with E-state index in [-0.39, 0.29) is 30.0 Å². The van der Waals surface area contributed by atoms with Gasteiger partial charge < -0.3 is 9.47 Å². The van der Waals surface area contributed by atoms with Crippen LogP contribution < -0.4 is 20.6 Å². The largest absolute Gasteiger partial charge is 0.460 e. The molecule has 5 rings (SSSR count). The van der Waals surface area contributed by atoms with Crippen molar-refractivity contribution in [2.45, 2.75) is 13.0 Å². The minimum absolute atomic E-state index is 0.0777. The first-order chi connectivity index (χ1) is 18.2. The molecule has 9 nitrogen and oxygen atoms in total. The number of esters is 1. The molecule has 1 atom stereocenters. The molecule has 0 saturated heterocycles. The van der Waals surface area contributed by atoms with E-state index in [4.69, 9.17) is 21.1 Å². The lowest BCUT2D eigenvalue weighted by molar-refractivity contribution is -0.140. The summed E-state index contributed by atoms with van der Waals surface area (Å²) in [5.74, 6) is -0.562. The molecule has 1 aliphatic heterocycles. The smallest absolute Gasteiger partial charge is 0.338 e. The zero-order chi connectivity index (χ0) is 27.1. The highest BCUT2D eigenvalue weighted by Crippen LogP contribution is 2.31. The van der Waals surface area contributed by atoms with Gasteiger partial charge in [0.25, 0.3) is 5.56 Å². The van der Waals surface area contributed by atoms with Crippen molar-refractivity contribution in [3.8, 4) is 0 Å². The van der Waals surface area contributed by atoms with Gasteiger partial charge in [-0.3, -0.25) is 18.5 Å². The molecule has 0 bridgehead atoms. The Labute approximate surface area is 226 Å². The van der Waals surface area contributed by atoms with E-state index in [1.807, 2.05) is 18.2 Å². The summed E-state index contributed by atoms with van der Waals surface area (Å²) in [6.07, 6.45) is 1.77. The quantitative estimate of drug-likeness (QED) is 0.270. The summed E-state index contributed by atoms with van der Waals surface area (Å²) in [6, 6.07) is 11.9. The molecule has 2 aromatic carbocycles. The zero-order valence-electron chi connectivity index (χ0n) is 21.2. The van der Waals surface area contributed by atoms with Gasteiger partial charge in [-0.15, -0.1) is 0 Å². The van der Waals surface area contributed by atoms with Gasteiger partial charge >= 0.3 is 11.7 Å². The summed E-state index contributed by atoms with van der Waals surface area (Å²) in [7, 11) is 4.96. The molecule has 0 amide bonds. The molecule has 2 aromatic heterocycles. The Kier molecular flexibility index (Phi) is 6.95. The lowest BCUT2D eigenvalue weighted by Gasteiger charge is -2.24. The molecule has 0 aliphatic carbocycles. The highest BCUT2D eigenvalue weighted by Gasteiger charge is 2.33. The van der Waals surface area contributed by atoms with Gasteiger partial charge in [-0.2, -0.15) is 0 Å². The number of nitrogens with zero attached hydrogens (tertiary/aromatic N) is 4. The van der Waals surface area contributed by atoms with E-state index in [1.54, 1.807) is 60.5 Å². The molecule has 1 unspecified atom stereocenters. The van der Waals surface area contributed by atoms with Crippen molar-refractivity contribution in [1.29, 1.82) is 0 Å². The summed E-state index contributed by atoms with van der Waals surface area (Å²) in [5, 5.41) is 0.539. The lowest BCUT2D eigenvalue weighted by Crippen LogP contribution is -2.40. The van der Waals surface area contributed by atoms with Crippen molar-refractivity contribution in [2.75, 3.05) is 20.3 Å². The van der Waals surface area contributed by atoms with Crippen LogP contribution in [0.15, 0.2) is 68.3 Å². The van der Waals surface area contributed by atoms with E-state index in [2.05, 4.69) is 4.99 Å². The van der Waals surface area contributed by atoms with Crippen LogP contribution in [0.4, 0.5) is 0 Å². The van der Waals surface area contributed by atoms with Gasteiger partial charge in [-0.1, -0.05) is 41.1 Å². The number of thiazole rings is 1. The fraction of sp³-hybridized carbons (Fsp3) is 0.259. The number of fused-ring (bicyclic) bond motifs is 2. The molecule has 11 heteroatoms. The number of ether oxygens (including phenoxy) is 2. The van der Waals surface area contributed by atoms with Crippen LogP contribution in [-0.2, 0) is 28.4 Å². The fourth-order valence-electron chi connectivity index (χ4n) is 4.60. The number of benzene rings is 2. The van der Waals surface area contributed by atoms with Crippen LogP contribution in [0.25, 0.3) is 17.1 Å². The number of aromatic nitrogens is 3. The van der Waals surface area contributed by atoms with E-state index >= 15 is 0 Å². The highest BCUT2D eigenvalue weighted by atomic mass is 35.5. The number of aryl methyl sites for hydroxylation is 2. The van der Waals surface area contributed by atoms with Gasteiger partial charge in [0.15, 0.2) is 4.80 Å². The molecular weight excluding hydrogens is 528 g/mol. The fourth-order valence-corrected chi connectivity index (χ4v) is 5.78. The Morgan fingerprint density at radius 3 is 2.50 bits per heavy atom. The molecule has 0 N–H and O–H groups in total. The van der Waals surface area contributed by atoms with Crippen molar-refractivity contribution in [2.24, 2.45) is 19.1 Å². The number of rotatable bonds is 6. The van der Waals surface area contributed by atoms with Gasteiger partial charge in [0.1, 0.15) is 6.61 Å². The number of carbonyl (C=O) groups is 1. The molecule has 1 aliphatic rings. The van der Waals surface area contributed by atoms with E-state index in [0.29, 0.717) is 25.6 Å². The second-order valence-corrected chi connectivity index (χ2v) is 10.4. The molecule has 4 aromatic rings. The van der Waals surface area contributed by atoms with Crippen molar-refractivity contribution in [3.05, 3.63) is 100 Å². The van der Waals surface area contributed by atoms with Crippen LogP contribution in [0, 0.1) is 0 Å². The number of hydrogen-bond donors (Lipinski definition) is 0. The van der Waals surface area contributed by atoms with Crippen molar-refractivity contribution in [1.82, 2.24) is 13.7 Å². The van der Waals surface area contributed by atoms with Crippen molar-refractivity contribution < 1.29 is 14.3 Å².